The van der Waals surface area contributed by atoms with Crippen LogP contribution in [-0.4, -0.2) is 73.5 Å². The molecule has 2 fully saturated rings. The van der Waals surface area contributed by atoms with E-state index >= 15 is 0 Å². The van der Waals surface area contributed by atoms with Gasteiger partial charge in [0.25, 0.3) is 11.9 Å². The number of carbonyl (C=O) groups excluding carboxylic acids is 2. The highest BCUT2D eigenvalue weighted by Gasteiger charge is 2.42. The van der Waals surface area contributed by atoms with E-state index < -0.39 is 29.4 Å². The summed E-state index contributed by atoms with van der Waals surface area (Å²) in [5.74, 6) is -1.52. The van der Waals surface area contributed by atoms with Gasteiger partial charge in [-0.05, 0) is 44.2 Å². The molecule has 0 spiro atoms. The number of benzene rings is 1. The van der Waals surface area contributed by atoms with Crippen LogP contribution in [0.15, 0.2) is 47.0 Å². The molecule has 0 bridgehead atoms. The number of carbonyl (C=O) groups is 2. The van der Waals surface area contributed by atoms with Crippen LogP contribution in [0.2, 0.25) is 0 Å². The van der Waals surface area contributed by atoms with Crippen molar-refractivity contribution in [2.24, 2.45) is 0 Å². The summed E-state index contributed by atoms with van der Waals surface area (Å²) in [7, 11) is 3.71. The van der Waals surface area contributed by atoms with Crippen molar-refractivity contribution in [2.75, 3.05) is 60.7 Å². The van der Waals surface area contributed by atoms with Crippen LogP contribution in [0.1, 0.15) is 48.4 Å². The van der Waals surface area contributed by atoms with Gasteiger partial charge in [-0.1, -0.05) is 31.4 Å². The SMILES string of the molecule is CN1CCN(c2ccc(NC(=O)c3oc(N(C)C4CCCCC4)nc3C(F)(F)F)cn2)CC1.O=CNc1ccccc1F. The Morgan fingerprint density at radius 2 is 1.77 bits per heavy atom. The zero-order chi connectivity index (χ0) is 31.0. The highest BCUT2D eigenvalue weighted by Crippen LogP contribution is 2.35. The second-order valence-electron chi connectivity index (χ2n) is 10.5. The first-order valence-electron chi connectivity index (χ1n) is 14.0. The van der Waals surface area contributed by atoms with Gasteiger partial charge in [-0.2, -0.15) is 18.2 Å². The van der Waals surface area contributed by atoms with Gasteiger partial charge in [0.1, 0.15) is 11.6 Å². The third kappa shape index (κ3) is 8.43. The molecule has 0 unspecified atom stereocenters. The number of alkyl halides is 3. The fraction of sp³-hybridized carbons (Fsp3) is 0.448. The third-order valence-corrected chi connectivity index (χ3v) is 7.44. The number of pyridine rings is 1. The molecule has 3 heterocycles. The summed E-state index contributed by atoms with van der Waals surface area (Å²) in [6, 6.07) is 9.20. The number of oxazole rings is 1. The first-order valence-corrected chi connectivity index (χ1v) is 14.0. The predicted octanol–water partition coefficient (Wildman–Crippen LogP) is 5.26. The van der Waals surface area contributed by atoms with Gasteiger partial charge in [-0.15, -0.1) is 0 Å². The van der Waals surface area contributed by atoms with E-state index in [0.29, 0.717) is 6.41 Å². The number of anilines is 4. The maximum absolute atomic E-state index is 13.6. The standard InChI is InChI=1S/C22H29F3N6O2.C7H6FNO/c1-29-10-12-31(13-11-29)17-9-8-15(14-26-17)27-20(32)18-19(22(23,24)25)28-21(33-18)30(2)16-6-4-3-5-7-16;8-6-3-1-2-4-7(6)9-5-10/h8-9,14,16H,3-7,10-13H2,1-2H3,(H,27,32);1-5H,(H,9,10). The number of hydrogen-bond donors (Lipinski definition) is 2. The van der Waals surface area contributed by atoms with E-state index in [-0.39, 0.29) is 23.4 Å². The van der Waals surface area contributed by atoms with Gasteiger partial charge in [-0.25, -0.2) is 9.37 Å². The van der Waals surface area contributed by atoms with Crippen LogP contribution in [0.25, 0.3) is 0 Å². The van der Waals surface area contributed by atoms with Crippen LogP contribution in [0.4, 0.5) is 40.8 Å². The van der Waals surface area contributed by atoms with Gasteiger partial charge < -0.3 is 29.8 Å². The topological polar surface area (TPSA) is 107 Å². The number of para-hydroxylation sites is 1. The lowest BCUT2D eigenvalue weighted by Gasteiger charge is -2.33. The van der Waals surface area contributed by atoms with Crippen LogP contribution in [-0.2, 0) is 11.0 Å². The molecule has 1 aromatic carbocycles. The van der Waals surface area contributed by atoms with Crippen molar-refractivity contribution >= 4 is 35.5 Å². The van der Waals surface area contributed by atoms with Crippen molar-refractivity contribution < 1.29 is 31.6 Å². The van der Waals surface area contributed by atoms with Gasteiger partial charge in [0.2, 0.25) is 12.2 Å². The summed E-state index contributed by atoms with van der Waals surface area (Å²) >= 11 is 0. The molecule has 3 aromatic rings. The molecule has 1 saturated carbocycles. The van der Waals surface area contributed by atoms with Crippen LogP contribution in [0, 0.1) is 5.82 Å². The number of rotatable bonds is 7. The summed E-state index contributed by atoms with van der Waals surface area (Å²) in [6.07, 6.45) is 1.89. The molecule has 0 atom stereocenters. The molecule has 43 heavy (non-hydrogen) atoms. The fourth-order valence-corrected chi connectivity index (χ4v) is 4.94. The Morgan fingerprint density at radius 3 is 2.37 bits per heavy atom. The van der Waals surface area contributed by atoms with Crippen molar-refractivity contribution in [3.05, 3.63) is 59.9 Å². The predicted molar refractivity (Wildman–Crippen MR) is 155 cm³/mol. The minimum Gasteiger partial charge on any atom is -0.417 e. The van der Waals surface area contributed by atoms with Crippen LogP contribution < -0.4 is 20.4 Å². The van der Waals surface area contributed by atoms with E-state index in [2.05, 4.69) is 37.4 Å². The average Bonchev–Trinajstić information content (AvgIpc) is 3.47. The smallest absolute Gasteiger partial charge is 0.417 e. The molecule has 2 aromatic heterocycles. The molecule has 1 aliphatic heterocycles. The van der Waals surface area contributed by atoms with Gasteiger partial charge in [0, 0.05) is 39.3 Å². The van der Waals surface area contributed by atoms with Crippen molar-refractivity contribution in [3.8, 4) is 0 Å². The summed E-state index contributed by atoms with van der Waals surface area (Å²) < 4.78 is 58.8. The van der Waals surface area contributed by atoms with E-state index in [9.17, 15) is 27.2 Å². The zero-order valence-electron chi connectivity index (χ0n) is 24.0. The Bertz CT molecular complexity index is 1350. The summed E-state index contributed by atoms with van der Waals surface area (Å²) in [6.45, 7) is 3.51. The molecule has 2 aliphatic rings. The highest BCUT2D eigenvalue weighted by molar-refractivity contribution is 6.03. The van der Waals surface area contributed by atoms with Gasteiger partial charge in [0.15, 0.2) is 5.69 Å². The summed E-state index contributed by atoms with van der Waals surface area (Å²) in [5.41, 5.74) is -0.832. The molecule has 2 amide bonds. The van der Waals surface area contributed by atoms with E-state index in [1.807, 2.05) is 0 Å². The zero-order valence-corrected chi connectivity index (χ0v) is 24.0. The number of aromatic nitrogens is 2. The van der Waals surface area contributed by atoms with Crippen molar-refractivity contribution in [1.29, 1.82) is 0 Å². The number of halogens is 4. The third-order valence-electron chi connectivity index (χ3n) is 7.44. The average molecular weight is 606 g/mol. The lowest BCUT2D eigenvalue weighted by atomic mass is 9.95. The minimum absolute atomic E-state index is 0.0423. The lowest BCUT2D eigenvalue weighted by Crippen LogP contribution is -2.44. The van der Waals surface area contributed by atoms with Gasteiger partial charge in [-0.3, -0.25) is 9.59 Å². The number of amides is 2. The molecule has 5 rings (SSSR count). The number of nitrogens with zero attached hydrogens (tertiary/aromatic N) is 5. The highest BCUT2D eigenvalue weighted by atomic mass is 19.4. The largest absolute Gasteiger partial charge is 0.437 e. The van der Waals surface area contributed by atoms with Gasteiger partial charge in [0.05, 0.1) is 17.6 Å². The van der Waals surface area contributed by atoms with E-state index in [4.69, 9.17) is 4.42 Å². The Balaban J connectivity index is 0.000000359. The second-order valence-corrected chi connectivity index (χ2v) is 10.5. The molecule has 1 saturated heterocycles. The fourth-order valence-electron chi connectivity index (χ4n) is 4.94. The minimum atomic E-state index is -4.81. The molecular weight excluding hydrogens is 570 g/mol. The molecule has 1 aliphatic carbocycles. The quantitative estimate of drug-likeness (QED) is 0.278. The Labute approximate surface area is 247 Å². The number of nitrogens with one attached hydrogen (secondary N) is 2. The van der Waals surface area contributed by atoms with Crippen LogP contribution >= 0.6 is 0 Å². The number of likely N-dealkylation sites (N-methyl/N-ethyl adjacent to an activating group) is 1. The maximum Gasteiger partial charge on any atom is 0.437 e. The second kappa shape index (κ2) is 14.3. The first kappa shape index (κ1) is 31.7. The van der Waals surface area contributed by atoms with Crippen LogP contribution in [0.5, 0.6) is 0 Å². The lowest BCUT2D eigenvalue weighted by molar-refractivity contribution is -0.141. The van der Waals surface area contributed by atoms with Gasteiger partial charge >= 0.3 is 6.18 Å². The normalized spacial score (nSPS) is 16.2. The van der Waals surface area contributed by atoms with Crippen LogP contribution in [0.3, 0.4) is 0 Å². The Morgan fingerprint density at radius 1 is 1.07 bits per heavy atom. The summed E-state index contributed by atoms with van der Waals surface area (Å²) in [4.78, 5) is 36.5. The summed E-state index contributed by atoms with van der Waals surface area (Å²) in [5, 5.41) is 4.68. The van der Waals surface area contributed by atoms with E-state index in [1.165, 1.54) is 18.3 Å². The molecule has 0 radical (unpaired) electrons. The molecule has 10 nitrogen and oxygen atoms in total. The molecule has 14 heteroatoms. The molecule has 2 N–H and O–H groups in total. The van der Waals surface area contributed by atoms with Crippen molar-refractivity contribution in [2.45, 2.75) is 44.3 Å². The van der Waals surface area contributed by atoms with E-state index in [0.717, 1.165) is 64.1 Å². The van der Waals surface area contributed by atoms with Crippen molar-refractivity contribution in [3.63, 3.8) is 0 Å². The Hall–Kier alpha value is -4.20. The van der Waals surface area contributed by atoms with E-state index in [1.54, 1.807) is 36.2 Å². The first-order chi connectivity index (χ1) is 20.6. The molecule has 232 valence electrons. The number of piperazine rings is 1. The Kier molecular flexibility index (Phi) is 10.6. The van der Waals surface area contributed by atoms with Crippen molar-refractivity contribution in [1.82, 2.24) is 14.9 Å². The monoisotopic (exact) mass is 605 g/mol. The molecular formula is C29H35F4N7O3. The number of hydrogen-bond acceptors (Lipinski definition) is 8. The maximum atomic E-state index is 13.6.